The predicted octanol–water partition coefficient (Wildman–Crippen LogP) is 4.23. The minimum Gasteiger partial charge on any atom is -0.497 e. The minimum absolute atomic E-state index is 0.309. The van der Waals surface area contributed by atoms with Crippen molar-refractivity contribution < 1.29 is 19.1 Å². The third-order valence-corrected chi connectivity index (χ3v) is 6.51. The minimum atomic E-state index is -0.564. The number of rotatable bonds is 7. The summed E-state index contributed by atoms with van der Waals surface area (Å²) in [4.78, 5) is 32.7. The fourth-order valence-corrected chi connectivity index (χ4v) is 4.64. The van der Waals surface area contributed by atoms with Gasteiger partial charge in [0, 0.05) is 25.7 Å². The number of benzene rings is 2. The molecule has 1 amide bonds. The maximum atomic E-state index is 13.3. The van der Waals surface area contributed by atoms with Gasteiger partial charge < -0.3 is 14.4 Å². The number of anilines is 1. The van der Waals surface area contributed by atoms with Gasteiger partial charge in [-0.25, -0.2) is 14.8 Å². The maximum Gasteiger partial charge on any atom is 0.342 e. The van der Waals surface area contributed by atoms with Gasteiger partial charge in [-0.2, -0.15) is 5.10 Å². The van der Waals surface area contributed by atoms with E-state index in [1.807, 2.05) is 54.6 Å². The van der Waals surface area contributed by atoms with Gasteiger partial charge in [0.25, 0.3) is 5.91 Å². The molecule has 2 aliphatic rings. The van der Waals surface area contributed by atoms with Crippen molar-refractivity contribution >= 4 is 23.4 Å². The molecule has 1 aromatic heterocycles. The lowest BCUT2D eigenvalue weighted by molar-refractivity contribution is -0.136. The molecule has 0 N–H and O–H groups in total. The van der Waals surface area contributed by atoms with Crippen molar-refractivity contribution in [2.24, 2.45) is 5.10 Å². The molecule has 1 unspecified atom stereocenters. The number of aromatic nitrogens is 1. The number of esters is 1. The number of nitrogens with zero attached hydrogens (tertiary/aromatic N) is 4. The van der Waals surface area contributed by atoms with Gasteiger partial charge in [0.05, 0.1) is 18.9 Å². The van der Waals surface area contributed by atoms with Crippen LogP contribution >= 0.6 is 0 Å². The average molecular weight is 485 g/mol. The molecule has 36 heavy (non-hydrogen) atoms. The number of hydrogen-bond acceptors (Lipinski definition) is 7. The van der Waals surface area contributed by atoms with Gasteiger partial charge in [-0.3, -0.25) is 4.79 Å². The van der Waals surface area contributed by atoms with E-state index in [2.05, 4.69) is 15.0 Å². The molecule has 2 aromatic carbocycles. The smallest absolute Gasteiger partial charge is 0.342 e. The van der Waals surface area contributed by atoms with Gasteiger partial charge in [-0.05, 0) is 48.2 Å². The van der Waals surface area contributed by atoms with E-state index < -0.39 is 12.6 Å². The van der Waals surface area contributed by atoms with Crippen molar-refractivity contribution in [1.29, 1.82) is 0 Å². The van der Waals surface area contributed by atoms with Crippen molar-refractivity contribution in [2.75, 3.05) is 31.7 Å². The van der Waals surface area contributed by atoms with Crippen LogP contribution in [0.4, 0.5) is 5.82 Å². The normalized spacial score (nSPS) is 17.1. The summed E-state index contributed by atoms with van der Waals surface area (Å²) in [7, 11) is 1.61. The van der Waals surface area contributed by atoms with Gasteiger partial charge in [-0.1, -0.05) is 42.5 Å². The van der Waals surface area contributed by atoms with E-state index in [-0.39, 0.29) is 11.9 Å². The Morgan fingerprint density at radius 1 is 0.972 bits per heavy atom. The summed E-state index contributed by atoms with van der Waals surface area (Å²) in [5, 5.41) is 6.08. The monoisotopic (exact) mass is 484 g/mol. The maximum absolute atomic E-state index is 13.3. The van der Waals surface area contributed by atoms with Crippen LogP contribution in [0.25, 0.3) is 0 Å². The summed E-state index contributed by atoms with van der Waals surface area (Å²) < 4.78 is 10.8. The van der Waals surface area contributed by atoms with E-state index in [1.165, 1.54) is 5.01 Å². The fourth-order valence-electron chi connectivity index (χ4n) is 4.64. The summed E-state index contributed by atoms with van der Waals surface area (Å²) in [6.45, 7) is 1.29. The molecule has 3 heterocycles. The SMILES string of the molecule is COc1ccc(C2CC(c3ccccc3)=NN2C(=O)COC(=O)c2cccnc2N2CCCC2)cc1. The number of ether oxygens (including phenoxy) is 2. The van der Waals surface area contributed by atoms with Crippen LogP contribution in [-0.4, -0.2) is 54.4 Å². The Morgan fingerprint density at radius 3 is 2.44 bits per heavy atom. The first-order valence-electron chi connectivity index (χ1n) is 12.1. The lowest BCUT2D eigenvalue weighted by Gasteiger charge is -2.22. The molecular formula is C28H28N4O4. The Kier molecular flexibility index (Phi) is 6.93. The Labute approximate surface area is 210 Å². The lowest BCUT2D eigenvalue weighted by Crippen LogP contribution is -2.31. The topological polar surface area (TPSA) is 84.3 Å². The molecule has 1 fully saturated rings. The number of hydrogen-bond donors (Lipinski definition) is 0. The van der Waals surface area contributed by atoms with Gasteiger partial charge in [0.1, 0.15) is 17.1 Å². The zero-order valence-corrected chi connectivity index (χ0v) is 20.2. The van der Waals surface area contributed by atoms with Gasteiger partial charge >= 0.3 is 5.97 Å². The molecule has 8 nitrogen and oxygen atoms in total. The summed E-state index contributed by atoms with van der Waals surface area (Å²) in [6.07, 6.45) is 4.34. The van der Waals surface area contributed by atoms with Crippen LogP contribution < -0.4 is 9.64 Å². The van der Waals surface area contributed by atoms with Crippen LogP contribution in [0.5, 0.6) is 5.75 Å². The van der Waals surface area contributed by atoms with Gasteiger partial charge in [0.15, 0.2) is 6.61 Å². The van der Waals surface area contributed by atoms with Crippen molar-refractivity contribution in [2.45, 2.75) is 25.3 Å². The second-order valence-electron chi connectivity index (χ2n) is 8.79. The van der Waals surface area contributed by atoms with E-state index in [9.17, 15) is 9.59 Å². The van der Waals surface area contributed by atoms with E-state index in [1.54, 1.807) is 25.4 Å². The Bertz CT molecular complexity index is 1250. The molecule has 0 bridgehead atoms. The molecule has 2 aliphatic heterocycles. The molecule has 184 valence electrons. The first kappa shape index (κ1) is 23.5. The first-order chi connectivity index (χ1) is 17.6. The van der Waals surface area contributed by atoms with E-state index in [0.29, 0.717) is 17.8 Å². The number of carbonyl (C=O) groups is 2. The number of hydrazone groups is 1. The zero-order chi connectivity index (χ0) is 24.9. The largest absolute Gasteiger partial charge is 0.497 e. The van der Waals surface area contributed by atoms with Crippen LogP contribution in [0.2, 0.25) is 0 Å². The fraction of sp³-hybridized carbons (Fsp3) is 0.286. The summed E-state index contributed by atoms with van der Waals surface area (Å²) in [5.74, 6) is 0.389. The second-order valence-corrected chi connectivity index (χ2v) is 8.79. The molecule has 0 aliphatic carbocycles. The number of carbonyl (C=O) groups excluding carboxylic acids is 2. The predicted molar refractivity (Wildman–Crippen MR) is 136 cm³/mol. The standard InChI is InChI=1S/C28H28N4O4/c1-35-22-13-11-21(12-14-22)25-18-24(20-8-3-2-4-9-20)30-32(25)26(33)19-36-28(34)23-10-7-15-29-27(23)31-16-5-6-17-31/h2-4,7-15,25H,5-6,16-19H2,1H3. The molecule has 8 heteroatoms. The third kappa shape index (κ3) is 4.93. The Balaban J connectivity index is 1.34. The number of methoxy groups -OCH3 is 1. The second kappa shape index (κ2) is 10.6. The van der Waals surface area contributed by atoms with Crippen LogP contribution in [0.1, 0.15) is 46.8 Å². The van der Waals surface area contributed by atoms with Crippen LogP contribution in [-0.2, 0) is 9.53 Å². The highest BCUT2D eigenvalue weighted by Crippen LogP contribution is 2.33. The number of amides is 1. The van der Waals surface area contributed by atoms with Crippen molar-refractivity contribution in [3.63, 3.8) is 0 Å². The molecule has 0 radical (unpaired) electrons. The summed E-state index contributed by atoms with van der Waals surface area (Å²) in [5.41, 5.74) is 3.05. The highest BCUT2D eigenvalue weighted by Gasteiger charge is 2.34. The first-order valence-corrected chi connectivity index (χ1v) is 12.1. The highest BCUT2D eigenvalue weighted by molar-refractivity contribution is 6.03. The summed E-state index contributed by atoms with van der Waals surface area (Å²) in [6, 6.07) is 20.4. The van der Waals surface area contributed by atoms with Gasteiger partial charge in [0.2, 0.25) is 0 Å². The molecule has 0 spiro atoms. The van der Waals surface area contributed by atoms with E-state index >= 15 is 0 Å². The van der Waals surface area contributed by atoms with Gasteiger partial charge in [-0.15, -0.1) is 0 Å². The molecular weight excluding hydrogens is 456 g/mol. The summed E-state index contributed by atoms with van der Waals surface area (Å²) >= 11 is 0. The highest BCUT2D eigenvalue weighted by atomic mass is 16.5. The van der Waals surface area contributed by atoms with Crippen molar-refractivity contribution in [1.82, 2.24) is 9.99 Å². The van der Waals surface area contributed by atoms with E-state index in [0.717, 1.165) is 48.5 Å². The van der Waals surface area contributed by atoms with Crippen LogP contribution in [0.3, 0.4) is 0 Å². The van der Waals surface area contributed by atoms with Crippen molar-refractivity contribution in [3.05, 3.63) is 89.6 Å². The molecule has 1 saturated heterocycles. The lowest BCUT2D eigenvalue weighted by atomic mass is 9.98. The quantitative estimate of drug-likeness (QED) is 0.467. The van der Waals surface area contributed by atoms with Crippen LogP contribution in [0, 0.1) is 0 Å². The zero-order valence-electron chi connectivity index (χ0n) is 20.2. The Morgan fingerprint density at radius 2 is 1.72 bits per heavy atom. The third-order valence-electron chi connectivity index (χ3n) is 6.51. The van der Waals surface area contributed by atoms with Crippen LogP contribution in [0.15, 0.2) is 78.0 Å². The van der Waals surface area contributed by atoms with E-state index in [4.69, 9.17) is 9.47 Å². The van der Waals surface area contributed by atoms with Crippen molar-refractivity contribution in [3.8, 4) is 5.75 Å². The molecule has 3 aromatic rings. The number of pyridine rings is 1. The molecule has 1 atom stereocenters. The Hall–Kier alpha value is -4.20. The molecule has 0 saturated carbocycles. The average Bonchev–Trinajstić information content (AvgIpc) is 3.63. The molecule has 5 rings (SSSR count).